The second-order valence-electron chi connectivity index (χ2n) is 7.41. The summed E-state index contributed by atoms with van der Waals surface area (Å²) in [7, 11) is 3.33. The number of likely N-dealkylation sites (N-methyl/N-ethyl adjacent to an activating group) is 1. The molecule has 0 bridgehead atoms. The third kappa shape index (κ3) is 4.41. The molecule has 1 aliphatic rings. The van der Waals surface area contributed by atoms with Gasteiger partial charge in [0.15, 0.2) is 17.8 Å². The number of oxazole rings is 1. The molecule has 0 saturated carbocycles. The number of aryl methyl sites for hydroxylation is 1. The van der Waals surface area contributed by atoms with E-state index in [0.717, 1.165) is 5.56 Å². The van der Waals surface area contributed by atoms with Crippen LogP contribution in [0.3, 0.4) is 0 Å². The molecule has 0 aliphatic carbocycles. The number of aromatic nitrogens is 1. The van der Waals surface area contributed by atoms with E-state index in [0.29, 0.717) is 34.5 Å². The van der Waals surface area contributed by atoms with Crippen molar-refractivity contribution in [3.63, 3.8) is 0 Å². The third-order valence-corrected chi connectivity index (χ3v) is 5.37. The summed E-state index contributed by atoms with van der Waals surface area (Å²) in [6.07, 6.45) is 1.37. The van der Waals surface area contributed by atoms with Crippen molar-refractivity contribution in [2.45, 2.75) is 18.9 Å². The number of carbonyl (C=O) groups excluding carboxylic acids is 2. The molecular formula is C23H22ClN3O4. The molecule has 0 radical (unpaired) electrons. The van der Waals surface area contributed by atoms with Gasteiger partial charge in [0.2, 0.25) is 5.91 Å². The Labute approximate surface area is 185 Å². The number of benzene rings is 2. The van der Waals surface area contributed by atoms with Crippen molar-refractivity contribution in [1.82, 2.24) is 9.88 Å². The van der Waals surface area contributed by atoms with Crippen LogP contribution < -0.4 is 9.64 Å². The van der Waals surface area contributed by atoms with Crippen LogP contribution in [0.4, 0.5) is 5.69 Å². The Bertz CT molecular complexity index is 1110. The minimum atomic E-state index is -0.748. The van der Waals surface area contributed by atoms with Gasteiger partial charge in [0.05, 0.1) is 23.5 Å². The molecule has 0 fully saturated rings. The predicted molar refractivity (Wildman–Crippen MR) is 117 cm³/mol. The maximum absolute atomic E-state index is 13.1. The average Bonchev–Trinajstić information content (AvgIpc) is 3.25. The van der Waals surface area contributed by atoms with Crippen molar-refractivity contribution < 1.29 is 18.7 Å². The van der Waals surface area contributed by atoms with Gasteiger partial charge in [-0.1, -0.05) is 35.9 Å². The fraction of sp³-hybridized carbons (Fsp3) is 0.261. The molecule has 2 heterocycles. The van der Waals surface area contributed by atoms with Gasteiger partial charge < -0.3 is 19.0 Å². The molecule has 31 heavy (non-hydrogen) atoms. The smallest absolute Gasteiger partial charge is 0.265 e. The normalized spacial score (nSPS) is 15.2. The van der Waals surface area contributed by atoms with Crippen molar-refractivity contribution in [3.05, 3.63) is 65.6 Å². The summed E-state index contributed by atoms with van der Waals surface area (Å²) in [6, 6.07) is 14.6. The van der Waals surface area contributed by atoms with Crippen LogP contribution in [0, 0.1) is 0 Å². The summed E-state index contributed by atoms with van der Waals surface area (Å²) in [5.41, 5.74) is 1.40. The number of hydrogen-bond acceptors (Lipinski definition) is 5. The van der Waals surface area contributed by atoms with Crippen molar-refractivity contribution in [2.24, 2.45) is 0 Å². The van der Waals surface area contributed by atoms with Crippen LogP contribution in [0.5, 0.6) is 5.75 Å². The molecule has 0 saturated heterocycles. The Morgan fingerprint density at radius 1 is 1.16 bits per heavy atom. The summed E-state index contributed by atoms with van der Waals surface area (Å²) < 4.78 is 11.6. The van der Waals surface area contributed by atoms with Gasteiger partial charge in [-0.05, 0) is 24.3 Å². The summed E-state index contributed by atoms with van der Waals surface area (Å²) in [6.45, 7) is 0.156. The van der Waals surface area contributed by atoms with Gasteiger partial charge in [-0.25, -0.2) is 4.98 Å². The zero-order valence-electron chi connectivity index (χ0n) is 17.2. The number of halogens is 1. The highest BCUT2D eigenvalue weighted by atomic mass is 35.5. The highest BCUT2D eigenvalue weighted by Gasteiger charge is 2.34. The van der Waals surface area contributed by atoms with E-state index in [9.17, 15) is 9.59 Å². The standard InChI is InChI=1S/C23H22ClN3O4/c1-26(2)23(29)20-14-27(17-9-5-6-10-18(17)30-20)22(28)12-11-21-25-13-19(31-21)15-7-3-4-8-16(15)24/h3-10,13,20H,11-12,14H2,1-2H3/t20-/m0/s1. The monoisotopic (exact) mass is 439 g/mol. The van der Waals surface area contributed by atoms with Crippen molar-refractivity contribution >= 4 is 29.1 Å². The van der Waals surface area contributed by atoms with Gasteiger partial charge >= 0.3 is 0 Å². The first-order valence-corrected chi connectivity index (χ1v) is 10.3. The number of rotatable bonds is 5. The molecule has 1 aromatic heterocycles. The van der Waals surface area contributed by atoms with Crippen LogP contribution in [0.1, 0.15) is 12.3 Å². The van der Waals surface area contributed by atoms with Crippen LogP contribution in [0.15, 0.2) is 59.1 Å². The second-order valence-corrected chi connectivity index (χ2v) is 7.82. The quantitative estimate of drug-likeness (QED) is 0.604. The van der Waals surface area contributed by atoms with Crippen LogP contribution in [0.25, 0.3) is 11.3 Å². The number of para-hydroxylation sites is 2. The number of ether oxygens (including phenoxy) is 1. The first-order chi connectivity index (χ1) is 14.9. The van der Waals surface area contributed by atoms with Crippen molar-refractivity contribution in [2.75, 3.05) is 25.5 Å². The molecule has 1 aliphatic heterocycles. The summed E-state index contributed by atoms with van der Waals surface area (Å²) in [5.74, 6) is 1.20. The number of nitrogens with zero attached hydrogens (tertiary/aromatic N) is 3. The lowest BCUT2D eigenvalue weighted by atomic mass is 10.1. The SMILES string of the molecule is CN(C)C(=O)[C@@H]1CN(C(=O)CCc2ncc(-c3ccccc3Cl)o2)c2ccccc2O1. The molecule has 7 nitrogen and oxygen atoms in total. The number of fused-ring (bicyclic) bond motifs is 1. The van der Waals surface area contributed by atoms with Crippen LogP contribution in [0.2, 0.25) is 5.02 Å². The maximum atomic E-state index is 13.1. The maximum Gasteiger partial charge on any atom is 0.265 e. The zero-order valence-corrected chi connectivity index (χ0v) is 18.0. The summed E-state index contributed by atoms with van der Waals surface area (Å²) in [4.78, 5) is 32.8. The Morgan fingerprint density at radius 2 is 1.90 bits per heavy atom. The van der Waals surface area contributed by atoms with Crippen LogP contribution in [-0.2, 0) is 16.0 Å². The van der Waals surface area contributed by atoms with E-state index in [4.69, 9.17) is 20.8 Å². The van der Waals surface area contributed by atoms with Gasteiger partial charge in [0.1, 0.15) is 5.75 Å². The van der Waals surface area contributed by atoms with Gasteiger partial charge in [0.25, 0.3) is 5.91 Å². The first kappa shape index (κ1) is 20.9. The van der Waals surface area contributed by atoms with Crippen molar-refractivity contribution in [3.8, 4) is 17.1 Å². The Balaban J connectivity index is 1.48. The molecule has 1 atom stereocenters. The van der Waals surface area contributed by atoms with E-state index in [1.165, 1.54) is 4.90 Å². The lowest BCUT2D eigenvalue weighted by molar-refractivity contribution is -0.136. The molecule has 2 amide bonds. The van der Waals surface area contributed by atoms with E-state index < -0.39 is 6.10 Å². The minimum Gasteiger partial charge on any atom is -0.476 e. The second kappa shape index (κ2) is 8.81. The average molecular weight is 440 g/mol. The lowest BCUT2D eigenvalue weighted by Gasteiger charge is -2.35. The fourth-order valence-electron chi connectivity index (χ4n) is 3.45. The van der Waals surface area contributed by atoms with Gasteiger partial charge in [-0.3, -0.25) is 9.59 Å². The Hall–Kier alpha value is -3.32. The highest BCUT2D eigenvalue weighted by Crippen LogP contribution is 2.34. The predicted octanol–water partition coefficient (Wildman–Crippen LogP) is 3.81. The lowest BCUT2D eigenvalue weighted by Crippen LogP contribution is -2.50. The fourth-order valence-corrected chi connectivity index (χ4v) is 3.68. The molecule has 2 aromatic carbocycles. The van der Waals surface area contributed by atoms with E-state index >= 15 is 0 Å². The number of carbonyl (C=O) groups is 2. The van der Waals surface area contributed by atoms with E-state index in [2.05, 4.69) is 4.98 Å². The molecular weight excluding hydrogens is 418 g/mol. The third-order valence-electron chi connectivity index (χ3n) is 5.04. The number of hydrogen-bond donors (Lipinski definition) is 0. The molecule has 8 heteroatoms. The Kier molecular flexibility index (Phi) is 5.95. The largest absolute Gasteiger partial charge is 0.476 e. The first-order valence-electron chi connectivity index (χ1n) is 9.91. The molecule has 0 spiro atoms. The Morgan fingerprint density at radius 3 is 2.68 bits per heavy atom. The molecule has 4 rings (SSSR count). The van der Waals surface area contributed by atoms with Crippen LogP contribution in [-0.4, -0.2) is 48.4 Å². The number of amides is 2. The summed E-state index contributed by atoms with van der Waals surface area (Å²) in [5, 5.41) is 0.572. The van der Waals surface area contributed by atoms with E-state index in [1.54, 1.807) is 37.3 Å². The summed E-state index contributed by atoms with van der Waals surface area (Å²) >= 11 is 6.21. The van der Waals surface area contributed by atoms with Gasteiger partial charge in [-0.2, -0.15) is 0 Å². The molecule has 0 unspecified atom stereocenters. The molecule has 0 N–H and O–H groups in total. The van der Waals surface area contributed by atoms with Crippen LogP contribution >= 0.6 is 11.6 Å². The van der Waals surface area contributed by atoms with E-state index in [1.807, 2.05) is 36.4 Å². The number of anilines is 1. The highest BCUT2D eigenvalue weighted by molar-refractivity contribution is 6.33. The van der Waals surface area contributed by atoms with Gasteiger partial charge in [-0.15, -0.1) is 0 Å². The van der Waals surface area contributed by atoms with Crippen molar-refractivity contribution in [1.29, 1.82) is 0 Å². The van der Waals surface area contributed by atoms with Gasteiger partial charge in [0, 0.05) is 32.5 Å². The topological polar surface area (TPSA) is 75.9 Å². The zero-order chi connectivity index (χ0) is 22.0. The molecule has 3 aromatic rings. The minimum absolute atomic E-state index is 0.134. The van der Waals surface area contributed by atoms with E-state index in [-0.39, 0.29) is 24.8 Å². The molecule has 160 valence electrons.